The van der Waals surface area contributed by atoms with Crippen molar-refractivity contribution in [1.82, 2.24) is 5.32 Å². The van der Waals surface area contributed by atoms with E-state index in [0.29, 0.717) is 13.2 Å². The number of carbonyl (C=O) groups excluding carboxylic acids is 2. The second-order valence-electron chi connectivity index (χ2n) is 5.59. The van der Waals surface area contributed by atoms with Gasteiger partial charge in [-0.2, -0.15) is 0 Å². The van der Waals surface area contributed by atoms with E-state index in [0.717, 1.165) is 19.1 Å². The summed E-state index contributed by atoms with van der Waals surface area (Å²) in [5.41, 5.74) is 0. The SMILES string of the molecule is COC(=O)NC(C=O)C1CCOCC1.c1ccc2ccccc2c1. The van der Waals surface area contributed by atoms with Crippen LogP contribution in [0.2, 0.25) is 0 Å². The Labute approximate surface area is 141 Å². The average molecular weight is 329 g/mol. The molecule has 1 heterocycles. The lowest BCUT2D eigenvalue weighted by Gasteiger charge is -2.26. The minimum atomic E-state index is -0.561. The first-order valence-corrected chi connectivity index (χ1v) is 8.06. The maximum absolute atomic E-state index is 10.9. The lowest BCUT2D eigenvalue weighted by molar-refractivity contribution is -0.111. The van der Waals surface area contributed by atoms with Crippen LogP contribution in [0.15, 0.2) is 48.5 Å². The Morgan fingerprint density at radius 3 is 2.04 bits per heavy atom. The smallest absolute Gasteiger partial charge is 0.407 e. The third kappa shape index (κ3) is 5.35. The molecule has 1 N–H and O–H groups in total. The summed E-state index contributed by atoms with van der Waals surface area (Å²) in [4.78, 5) is 21.6. The summed E-state index contributed by atoms with van der Waals surface area (Å²) in [7, 11) is 1.28. The van der Waals surface area contributed by atoms with Gasteiger partial charge in [0.1, 0.15) is 6.29 Å². The van der Waals surface area contributed by atoms with Crippen LogP contribution in [-0.4, -0.2) is 38.7 Å². The van der Waals surface area contributed by atoms with E-state index in [9.17, 15) is 9.59 Å². The number of methoxy groups -OCH3 is 1. The Morgan fingerprint density at radius 1 is 1.12 bits per heavy atom. The van der Waals surface area contributed by atoms with Crippen LogP contribution in [-0.2, 0) is 14.3 Å². The third-order valence-electron chi connectivity index (χ3n) is 4.05. The number of rotatable bonds is 3. The maximum Gasteiger partial charge on any atom is 0.407 e. The first-order chi connectivity index (χ1) is 11.7. The Bertz CT molecular complexity index is 587. The number of aldehydes is 1. The van der Waals surface area contributed by atoms with E-state index >= 15 is 0 Å². The molecule has 1 saturated heterocycles. The summed E-state index contributed by atoms with van der Waals surface area (Å²) in [6.07, 6.45) is 1.79. The molecule has 0 aliphatic carbocycles. The first-order valence-electron chi connectivity index (χ1n) is 8.06. The molecule has 24 heavy (non-hydrogen) atoms. The van der Waals surface area contributed by atoms with E-state index in [-0.39, 0.29) is 5.92 Å². The molecule has 1 unspecified atom stereocenters. The zero-order valence-electron chi connectivity index (χ0n) is 13.8. The van der Waals surface area contributed by atoms with Crippen molar-refractivity contribution in [1.29, 1.82) is 0 Å². The number of nitrogens with one attached hydrogen (secondary N) is 1. The van der Waals surface area contributed by atoms with Gasteiger partial charge < -0.3 is 19.6 Å². The van der Waals surface area contributed by atoms with Gasteiger partial charge in [0.05, 0.1) is 13.2 Å². The van der Waals surface area contributed by atoms with E-state index < -0.39 is 12.1 Å². The number of alkyl carbamates (subject to hydrolysis) is 1. The molecular weight excluding hydrogens is 306 g/mol. The molecule has 2 aromatic carbocycles. The highest BCUT2D eigenvalue weighted by Gasteiger charge is 2.25. The van der Waals surface area contributed by atoms with Crippen molar-refractivity contribution in [3.63, 3.8) is 0 Å². The fraction of sp³-hybridized carbons (Fsp3) is 0.368. The molecule has 0 saturated carbocycles. The number of hydrogen-bond donors (Lipinski definition) is 1. The number of amides is 1. The van der Waals surface area contributed by atoms with Gasteiger partial charge in [-0.3, -0.25) is 0 Å². The molecule has 5 heteroatoms. The summed E-state index contributed by atoms with van der Waals surface area (Å²) in [6.45, 7) is 1.30. The van der Waals surface area contributed by atoms with E-state index in [1.165, 1.54) is 17.9 Å². The Kier molecular flexibility index (Phi) is 7.23. The molecule has 0 spiro atoms. The maximum atomic E-state index is 10.9. The van der Waals surface area contributed by atoms with Crippen LogP contribution >= 0.6 is 0 Å². The molecule has 1 aliphatic rings. The van der Waals surface area contributed by atoms with Crippen LogP contribution in [0.1, 0.15) is 12.8 Å². The van der Waals surface area contributed by atoms with Gasteiger partial charge in [-0.1, -0.05) is 48.5 Å². The van der Waals surface area contributed by atoms with Gasteiger partial charge in [-0.05, 0) is 29.5 Å². The van der Waals surface area contributed by atoms with Crippen molar-refractivity contribution in [2.75, 3.05) is 20.3 Å². The summed E-state index contributed by atoms with van der Waals surface area (Å²) in [6, 6.07) is 16.3. The highest BCUT2D eigenvalue weighted by atomic mass is 16.5. The molecule has 1 fully saturated rings. The van der Waals surface area contributed by atoms with Gasteiger partial charge in [0.15, 0.2) is 0 Å². The van der Waals surface area contributed by atoms with Crippen molar-refractivity contribution >= 4 is 23.2 Å². The number of ether oxygens (including phenoxy) is 2. The molecule has 0 aromatic heterocycles. The second kappa shape index (κ2) is 9.67. The first kappa shape index (κ1) is 17.9. The second-order valence-corrected chi connectivity index (χ2v) is 5.59. The van der Waals surface area contributed by atoms with Gasteiger partial charge in [-0.15, -0.1) is 0 Å². The van der Waals surface area contributed by atoms with Crippen LogP contribution in [0.3, 0.4) is 0 Å². The van der Waals surface area contributed by atoms with Crippen molar-refractivity contribution in [2.45, 2.75) is 18.9 Å². The normalized spacial score (nSPS) is 15.7. The molecular formula is C19H23NO4. The van der Waals surface area contributed by atoms with Gasteiger partial charge in [-0.25, -0.2) is 4.79 Å². The standard InChI is InChI=1S/C10H8.C9H15NO4/c1-2-6-10-8-4-3-7-9(10)5-1;1-13-9(12)10-8(6-11)7-2-4-14-5-3-7/h1-8H;6-8H,2-5H2,1H3,(H,10,12). The molecule has 128 valence electrons. The zero-order chi connectivity index (χ0) is 17.2. The summed E-state index contributed by atoms with van der Waals surface area (Å²) in [5, 5.41) is 5.12. The molecule has 3 rings (SSSR count). The van der Waals surface area contributed by atoms with Gasteiger partial charge in [0.25, 0.3) is 0 Å². The Balaban J connectivity index is 0.000000182. The molecule has 0 radical (unpaired) electrons. The average Bonchev–Trinajstić information content (AvgIpc) is 2.67. The Morgan fingerprint density at radius 2 is 1.62 bits per heavy atom. The van der Waals surface area contributed by atoms with Crippen LogP contribution in [0, 0.1) is 5.92 Å². The van der Waals surface area contributed by atoms with Crippen molar-refractivity contribution in [3.8, 4) is 0 Å². The number of fused-ring (bicyclic) bond motifs is 1. The molecule has 5 nitrogen and oxygen atoms in total. The molecule has 1 aliphatic heterocycles. The predicted molar refractivity (Wildman–Crippen MR) is 92.9 cm³/mol. The molecule has 1 atom stereocenters. The summed E-state index contributed by atoms with van der Waals surface area (Å²) in [5.74, 6) is 0.167. The minimum Gasteiger partial charge on any atom is -0.453 e. The topological polar surface area (TPSA) is 64.6 Å². The fourth-order valence-corrected chi connectivity index (χ4v) is 2.67. The van der Waals surface area contributed by atoms with Crippen LogP contribution < -0.4 is 5.32 Å². The van der Waals surface area contributed by atoms with E-state index in [1.807, 2.05) is 0 Å². The van der Waals surface area contributed by atoms with Crippen LogP contribution in [0.5, 0.6) is 0 Å². The van der Waals surface area contributed by atoms with Gasteiger partial charge >= 0.3 is 6.09 Å². The zero-order valence-corrected chi connectivity index (χ0v) is 13.8. The van der Waals surface area contributed by atoms with Crippen molar-refractivity contribution in [2.24, 2.45) is 5.92 Å². The molecule has 2 aromatic rings. The predicted octanol–water partition coefficient (Wildman–Crippen LogP) is 3.18. The van der Waals surface area contributed by atoms with E-state index in [2.05, 4.69) is 58.6 Å². The fourth-order valence-electron chi connectivity index (χ4n) is 2.67. The van der Waals surface area contributed by atoms with Crippen LogP contribution in [0.25, 0.3) is 10.8 Å². The highest BCUT2D eigenvalue weighted by Crippen LogP contribution is 2.17. The summed E-state index contributed by atoms with van der Waals surface area (Å²) < 4.78 is 9.60. The van der Waals surface area contributed by atoms with Crippen molar-refractivity contribution < 1.29 is 19.1 Å². The lowest BCUT2D eigenvalue weighted by Crippen LogP contribution is -2.43. The molecule has 1 amide bonds. The summed E-state index contributed by atoms with van der Waals surface area (Å²) >= 11 is 0. The largest absolute Gasteiger partial charge is 0.453 e. The Hall–Kier alpha value is -2.40. The van der Waals surface area contributed by atoms with Gasteiger partial charge in [0.2, 0.25) is 0 Å². The third-order valence-corrected chi connectivity index (χ3v) is 4.05. The number of benzene rings is 2. The van der Waals surface area contributed by atoms with E-state index in [1.54, 1.807) is 0 Å². The van der Waals surface area contributed by atoms with Crippen molar-refractivity contribution in [3.05, 3.63) is 48.5 Å². The molecule has 0 bridgehead atoms. The van der Waals surface area contributed by atoms with Gasteiger partial charge in [0, 0.05) is 13.2 Å². The minimum absolute atomic E-state index is 0.167. The highest BCUT2D eigenvalue weighted by molar-refractivity contribution is 5.82. The number of hydrogen-bond acceptors (Lipinski definition) is 4. The lowest BCUT2D eigenvalue weighted by atomic mass is 9.93. The monoisotopic (exact) mass is 329 g/mol. The quantitative estimate of drug-likeness (QED) is 0.879. The van der Waals surface area contributed by atoms with Crippen LogP contribution in [0.4, 0.5) is 4.79 Å². The number of carbonyl (C=O) groups is 2. The van der Waals surface area contributed by atoms with E-state index in [4.69, 9.17) is 4.74 Å².